The van der Waals surface area contributed by atoms with Gasteiger partial charge in [0.15, 0.2) is 11.7 Å². The van der Waals surface area contributed by atoms with E-state index in [2.05, 4.69) is 0 Å². The number of carboxylic acids is 1. The number of aliphatic carboxylic acids is 1. The quantitative estimate of drug-likeness (QED) is 0.685. The first-order valence-electron chi connectivity index (χ1n) is 7.77. The maximum absolute atomic E-state index is 12.5. The number of Topliss-reactive ketones (excluding diaryl/α,β-unsaturated/α-hetero) is 1. The third kappa shape index (κ3) is 2.21. The lowest BCUT2D eigenvalue weighted by Crippen LogP contribution is -2.31. The summed E-state index contributed by atoms with van der Waals surface area (Å²) >= 11 is 0. The minimum absolute atomic E-state index is 0.0423. The monoisotopic (exact) mass is 301 g/mol. The lowest BCUT2D eigenvalue weighted by Gasteiger charge is -2.15. The summed E-state index contributed by atoms with van der Waals surface area (Å²) in [6.07, 6.45) is 3.94. The van der Waals surface area contributed by atoms with Gasteiger partial charge in [-0.2, -0.15) is 0 Å². The second-order valence-electron chi connectivity index (χ2n) is 5.97. The molecule has 1 atom stereocenters. The Morgan fingerprint density at radius 1 is 1.27 bits per heavy atom. The number of carbonyl (C=O) groups is 3. The van der Waals surface area contributed by atoms with Crippen LogP contribution in [0.25, 0.3) is 0 Å². The second-order valence-corrected chi connectivity index (χ2v) is 5.97. The minimum atomic E-state index is -1.19. The molecule has 116 valence electrons. The van der Waals surface area contributed by atoms with Gasteiger partial charge in [-0.3, -0.25) is 14.4 Å². The number of nitrogens with zero attached hydrogens (tertiary/aromatic N) is 1. The van der Waals surface area contributed by atoms with Crippen LogP contribution >= 0.6 is 0 Å². The van der Waals surface area contributed by atoms with Crippen molar-refractivity contribution in [1.29, 1.82) is 0 Å². The fourth-order valence-electron chi connectivity index (χ4n) is 3.58. The van der Waals surface area contributed by atoms with E-state index in [1.54, 1.807) is 18.2 Å². The summed E-state index contributed by atoms with van der Waals surface area (Å²) in [4.78, 5) is 37.7. The SMILES string of the molecule is CCN1C(=O)C(C(=O)O)c2cc(C(=O)C3CCCC3)ccc21. The largest absolute Gasteiger partial charge is 0.480 e. The van der Waals surface area contributed by atoms with Crippen molar-refractivity contribution in [1.82, 2.24) is 0 Å². The van der Waals surface area contributed by atoms with E-state index in [1.165, 1.54) is 4.90 Å². The van der Waals surface area contributed by atoms with Crippen LogP contribution in [0.15, 0.2) is 18.2 Å². The molecule has 1 aliphatic carbocycles. The van der Waals surface area contributed by atoms with Crippen LogP contribution in [0.4, 0.5) is 5.69 Å². The standard InChI is InChI=1S/C17H19NO4/c1-2-18-13-8-7-11(15(19)10-5-3-4-6-10)9-12(13)14(16(18)20)17(21)22/h7-10,14H,2-6H2,1H3,(H,21,22). The van der Waals surface area contributed by atoms with Crippen LogP contribution in [0.1, 0.15) is 54.4 Å². The molecule has 1 aromatic carbocycles. The van der Waals surface area contributed by atoms with Crippen molar-refractivity contribution in [3.63, 3.8) is 0 Å². The Labute approximate surface area is 128 Å². The van der Waals surface area contributed by atoms with Gasteiger partial charge in [-0.25, -0.2) is 0 Å². The van der Waals surface area contributed by atoms with Crippen LogP contribution in [-0.4, -0.2) is 29.3 Å². The summed E-state index contributed by atoms with van der Waals surface area (Å²) in [5, 5.41) is 9.35. The Kier molecular flexibility index (Phi) is 3.72. The van der Waals surface area contributed by atoms with Crippen molar-refractivity contribution in [3.05, 3.63) is 29.3 Å². The second kappa shape index (κ2) is 5.55. The van der Waals surface area contributed by atoms with E-state index in [1.807, 2.05) is 6.92 Å². The van der Waals surface area contributed by atoms with Gasteiger partial charge in [-0.05, 0) is 38.0 Å². The highest BCUT2D eigenvalue weighted by atomic mass is 16.4. The molecule has 1 aromatic rings. The summed E-state index contributed by atoms with van der Waals surface area (Å²) < 4.78 is 0. The number of hydrogen-bond donors (Lipinski definition) is 1. The molecule has 0 bridgehead atoms. The number of anilines is 1. The van der Waals surface area contributed by atoms with Gasteiger partial charge in [0.1, 0.15) is 0 Å². The molecule has 22 heavy (non-hydrogen) atoms. The lowest BCUT2D eigenvalue weighted by molar-refractivity contribution is -0.142. The molecule has 0 saturated heterocycles. The molecule has 1 amide bonds. The molecule has 1 unspecified atom stereocenters. The number of benzene rings is 1. The zero-order chi connectivity index (χ0) is 15.9. The summed E-state index contributed by atoms with van der Waals surface area (Å²) in [6.45, 7) is 2.23. The number of ketones is 1. The number of likely N-dealkylation sites (N-methyl/N-ethyl adjacent to an activating group) is 1. The van der Waals surface area contributed by atoms with Gasteiger partial charge in [-0.15, -0.1) is 0 Å². The average Bonchev–Trinajstić information content (AvgIpc) is 3.10. The minimum Gasteiger partial charge on any atom is -0.480 e. The van der Waals surface area contributed by atoms with Gasteiger partial charge in [0, 0.05) is 29.3 Å². The third-order valence-electron chi connectivity index (χ3n) is 4.72. The summed E-state index contributed by atoms with van der Waals surface area (Å²) in [7, 11) is 0. The topological polar surface area (TPSA) is 74.7 Å². The molecule has 2 aliphatic rings. The fourth-order valence-corrected chi connectivity index (χ4v) is 3.58. The maximum Gasteiger partial charge on any atom is 0.320 e. The number of carboxylic acid groups (broad SMARTS) is 1. The van der Waals surface area contributed by atoms with Crippen LogP contribution in [0.2, 0.25) is 0 Å². The predicted molar refractivity (Wildman–Crippen MR) is 81.1 cm³/mol. The molecule has 1 saturated carbocycles. The molecular formula is C17H19NO4. The zero-order valence-electron chi connectivity index (χ0n) is 12.5. The Bertz CT molecular complexity index is 646. The van der Waals surface area contributed by atoms with Gasteiger partial charge in [0.05, 0.1) is 0 Å². The number of fused-ring (bicyclic) bond motifs is 1. The number of carbonyl (C=O) groups excluding carboxylic acids is 2. The van der Waals surface area contributed by atoms with Crippen LogP contribution in [0.5, 0.6) is 0 Å². The maximum atomic E-state index is 12.5. The van der Waals surface area contributed by atoms with Crippen molar-refractivity contribution >= 4 is 23.3 Å². The van der Waals surface area contributed by atoms with Crippen molar-refractivity contribution in [2.24, 2.45) is 5.92 Å². The van der Waals surface area contributed by atoms with Crippen LogP contribution in [-0.2, 0) is 9.59 Å². The van der Waals surface area contributed by atoms with E-state index in [9.17, 15) is 19.5 Å². The first-order valence-corrected chi connectivity index (χ1v) is 7.77. The lowest BCUT2D eigenvalue weighted by atomic mass is 9.92. The average molecular weight is 301 g/mol. The Morgan fingerprint density at radius 3 is 2.55 bits per heavy atom. The van der Waals surface area contributed by atoms with Gasteiger partial charge >= 0.3 is 5.97 Å². The first kappa shape index (κ1) is 14.8. The molecule has 0 radical (unpaired) electrons. The fraction of sp³-hybridized carbons (Fsp3) is 0.471. The van der Waals surface area contributed by atoms with E-state index in [0.717, 1.165) is 25.7 Å². The van der Waals surface area contributed by atoms with Crippen LogP contribution in [0, 0.1) is 5.92 Å². The highest BCUT2D eigenvalue weighted by Crippen LogP contribution is 2.39. The highest BCUT2D eigenvalue weighted by Gasteiger charge is 2.41. The highest BCUT2D eigenvalue weighted by molar-refractivity contribution is 6.16. The number of hydrogen-bond acceptors (Lipinski definition) is 3. The predicted octanol–water partition coefficient (Wildman–Crippen LogP) is 2.59. The zero-order valence-corrected chi connectivity index (χ0v) is 12.5. The van der Waals surface area contributed by atoms with Crippen molar-refractivity contribution in [2.75, 3.05) is 11.4 Å². The van der Waals surface area contributed by atoms with Crippen molar-refractivity contribution < 1.29 is 19.5 Å². The molecule has 5 nitrogen and oxygen atoms in total. The van der Waals surface area contributed by atoms with E-state index < -0.39 is 17.8 Å². The van der Waals surface area contributed by atoms with Crippen LogP contribution < -0.4 is 4.90 Å². The van der Waals surface area contributed by atoms with E-state index in [0.29, 0.717) is 23.4 Å². The molecule has 1 heterocycles. The molecule has 1 N–H and O–H groups in total. The number of rotatable bonds is 4. The molecule has 3 rings (SSSR count). The van der Waals surface area contributed by atoms with Crippen molar-refractivity contribution in [2.45, 2.75) is 38.5 Å². The third-order valence-corrected chi connectivity index (χ3v) is 4.72. The van der Waals surface area contributed by atoms with Gasteiger partial charge in [0.2, 0.25) is 5.91 Å². The van der Waals surface area contributed by atoms with E-state index in [4.69, 9.17) is 0 Å². The molecule has 1 aliphatic heterocycles. The Hall–Kier alpha value is -2.17. The van der Waals surface area contributed by atoms with E-state index >= 15 is 0 Å². The Morgan fingerprint density at radius 2 is 1.95 bits per heavy atom. The van der Waals surface area contributed by atoms with Crippen LogP contribution in [0.3, 0.4) is 0 Å². The summed E-state index contributed by atoms with van der Waals surface area (Å²) in [5.74, 6) is -2.65. The van der Waals surface area contributed by atoms with Gasteiger partial charge in [-0.1, -0.05) is 12.8 Å². The Balaban J connectivity index is 2.00. The smallest absolute Gasteiger partial charge is 0.320 e. The summed E-state index contributed by atoms with van der Waals surface area (Å²) in [5.41, 5.74) is 1.59. The summed E-state index contributed by atoms with van der Waals surface area (Å²) in [6, 6.07) is 5.05. The van der Waals surface area contributed by atoms with E-state index in [-0.39, 0.29) is 11.7 Å². The molecule has 1 fully saturated rings. The van der Waals surface area contributed by atoms with Crippen molar-refractivity contribution in [3.8, 4) is 0 Å². The van der Waals surface area contributed by atoms with Gasteiger partial charge in [0.25, 0.3) is 0 Å². The normalized spacial score (nSPS) is 21.2. The molecule has 5 heteroatoms. The molecule has 0 aromatic heterocycles. The number of amides is 1. The molecule has 0 spiro atoms. The first-order chi connectivity index (χ1) is 10.5. The van der Waals surface area contributed by atoms with Gasteiger partial charge < -0.3 is 10.0 Å². The molecular weight excluding hydrogens is 282 g/mol.